The van der Waals surface area contributed by atoms with E-state index in [1.165, 1.54) is 4.90 Å². The number of esters is 1. The van der Waals surface area contributed by atoms with Gasteiger partial charge in [0.2, 0.25) is 0 Å². The number of likely N-dealkylation sites (tertiary alicyclic amines) is 2. The molecule has 10 heteroatoms. The number of carbonyl (C=O) groups is 3. The third-order valence-electron chi connectivity index (χ3n) is 9.92. The highest BCUT2D eigenvalue weighted by atomic mass is 19.1. The van der Waals surface area contributed by atoms with Crippen molar-refractivity contribution in [2.45, 2.75) is 97.5 Å². The first-order chi connectivity index (χ1) is 25.3. The van der Waals surface area contributed by atoms with E-state index in [9.17, 15) is 18.8 Å². The molecule has 0 spiro atoms. The molecule has 0 unspecified atom stereocenters. The Balaban J connectivity index is 1.19. The number of ether oxygens (including phenoxy) is 2. The van der Waals surface area contributed by atoms with Crippen molar-refractivity contribution in [2.75, 3.05) is 44.6 Å². The molecule has 0 bridgehead atoms. The number of anilines is 1. The van der Waals surface area contributed by atoms with Gasteiger partial charge in [0.05, 0.1) is 25.2 Å². The van der Waals surface area contributed by atoms with Gasteiger partial charge in [0.15, 0.2) is 0 Å². The molecule has 2 N–H and O–H groups in total. The second-order valence-corrected chi connectivity index (χ2v) is 15.3. The predicted molar refractivity (Wildman–Crippen MR) is 208 cm³/mol. The van der Waals surface area contributed by atoms with Gasteiger partial charge < -0.3 is 29.9 Å². The fourth-order valence-electron chi connectivity index (χ4n) is 7.03. The monoisotopic (exact) mass is 726 g/mol. The van der Waals surface area contributed by atoms with E-state index in [-0.39, 0.29) is 31.0 Å². The number of nitrogens with zero attached hydrogens (tertiary/aromatic N) is 2. The number of carbonyl (C=O) groups excluding carboxylic acids is 3. The van der Waals surface area contributed by atoms with E-state index in [2.05, 4.69) is 51.6 Å². The Morgan fingerprint density at radius 1 is 1.00 bits per heavy atom. The fraction of sp³-hybridized carbons (Fsp3) is 0.512. The first-order valence-corrected chi connectivity index (χ1v) is 19.0. The van der Waals surface area contributed by atoms with Crippen LogP contribution in [-0.4, -0.2) is 84.9 Å². The summed E-state index contributed by atoms with van der Waals surface area (Å²) < 4.78 is 25.5. The molecule has 2 fully saturated rings. The normalized spacial score (nSPS) is 18.6. The van der Waals surface area contributed by atoms with Gasteiger partial charge in [-0.05, 0) is 127 Å². The van der Waals surface area contributed by atoms with Crippen molar-refractivity contribution in [3.63, 3.8) is 0 Å². The van der Waals surface area contributed by atoms with Gasteiger partial charge in [-0.2, -0.15) is 0 Å². The number of piperidine rings is 1. The van der Waals surface area contributed by atoms with Crippen molar-refractivity contribution < 1.29 is 28.2 Å². The van der Waals surface area contributed by atoms with Gasteiger partial charge in [-0.25, -0.2) is 9.18 Å². The molecule has 3 aromatic carbocycles. The van der Waals surface area contributed by atoms with Gasteiger partial charge in [0.1, 0.15) is 11.8 Å². The smallest absolute Gasteiger partial charge is 0.410 e. The van der Waals surface area contributed by atoms with Crippen LogP contribution in [0.2, 0.25) is 0 Å². The maximum Gasteiger partial charge on any atom is 0.410 e. The van der Waals surface area contributed by atoms with Crippen LogP contribution in [0.3, 0.4) is 0 Å². The molecule has 0 saturated carbocycles. The molecule has 2 aliphatic rings. The quantitative estimate of drug-likeness (QED) is 0.118. The lowest BCUT2D eigenvalue weighted by atomic mass is 9.94. The van der Waals surface area contributed by atoms with Crippen LogP contribution in [0, 0.1) is 24.7 Å². The number of hydrogen-bond donors (Lipinski definition) is 2. The lowest BCUT2D eigenvalue weighted by molar-refractivity contribution is -0.143. The minimum Gasteiger partial charge on any atom is -0.466 e. The Kier molecular flexibility index (Phi) is 13.4. The number of halogens is 1. The molecule has 0 aromatic heterocycles. The number of nitrogens with one attached hydrogen (secondary N) is 2. The molecule has 5 rings (SSSR count). The van der Waals surface area contributed by atoms with Gasteiger partial charge in [-0.3, -0.25) is 9.59 Å². The van der Waals surface area contributed by atoms with E-state index in [4.69, 9.17) is 9.47 Å². The molecule has 2 amide bonds. The lowest BCUT2D eigenvalue weighted by Gasteiger charge is -2.29. The zero-order valence-electron chi connectivity index (χ0n) is 32.1. The minimum absolute atomic E-state index is 0.0527. The number of fused-ring (bicyclic) bond motifs is 1. The molecule has 284 valence electrons. The average molecular weight is 727 g/mol. The zero-order valence-corrected chi connectivity index (χ0v) is 32.1. The molecule has 0 radical (unpaired) electrons. The molecule has 2 heterocycles. The number of benzene rings is 3. The van der Waals surface area contributed by atoms with Gasteiger partial charge in [0, 0.05) is 35.7 Å². The van der Waals surface area contributed by atoms with Crippen LogP contribution in [0.5, 0.6) is 0 Å². The van der Waals surface area contributed by atoms with Crippen LogP contribution in [0.15, 0.2) is 54.6 Å². The topological polar surface area (TPSA) is 100 Å². The number of amides is 2. The summed E-state index contributed by atoms with van der Waals surface area (Å²) in [4.78, 5) is 41.6. The van der Waals surface area contributed by atoms with Crippen molar-refractivity contribution in [1.82, 2.24) is 15.1 Å². The maximum absolute atomic E-state index is 15.0. The van der Waals surface area contributed by atoms with Crippen LogP contribution >= 0.6 is 0 Å². The molecular formula is C43H55FN4O5. The van der Waals surface area contributed by atoms with E-state index < -0.39 is 23.9 Å². The molecule has 9 nitrogen and oxygen atoms in total. The van der Waals surface area contributed by atoms with Crippen LogP contribution in [0.4, 0.5) is 14.9 Å². The highest BCUT2D eigenvalue weighted by molar-refractivity contribution is 5.97. The van der Waals surface area contributed by atoms with Crippen LogP contribution < -0.4 is 10.6 Å². The van der Waals surface area contributed by atoms with Crippen LogP contribution in [-0.2, 0) is 14.3 Å². The average Bonchev–Trinajstić information content (AvgIpc) is 3.49. The van der Waals surface area contributed by atoms with Crippen molar-refractivity contribution in [3.8, 4) is 11.8 Å². The Morgan fingerprint density at radius 2 is 1.74 bits per heavy atom. The minimum atomic E-state index is -1.28. The standard InChI is InChI=1S/C43H55FN4O5/c1-7-52-40(49)14-10-11-23-47-24-21-31(22-25-47)16-17-32-18-20-34(36-13-9-8-12-35(32)36)30(3)45-41(50)37-26-33(19-15-29(37)2)46-39-28-48(27-38(39)44)42(51)53-43(4,5)6/h8-9,12-13,15,18-20,26,30-31,38-39,46H,7,10-11,14,21-25,27-28H2,1-6H3,(H,45,50)/t30-,38+,39+/m1/s1. The SMILES string of the molecule is CCOC(=O)CCCCN1CCC(C#Cc2ccc([C@@H](C)NC(=O)c3cc(N[C@H]4CN(C(=O)OC(C)(C)C)C[C@@H]4F)ccc3C)c3ccccc23)CC1. The second-order valence-electron chi connectivity index (χ2n) is 15.3. The number of rotatable bonds is 11. The number of unbranched alkanes of at least 4 members (excludes halogenated alkanes) is 1. The summed E-state index contributed by atoms with van der Waals surface area (Å²) in [5, 5.41) is 8.48. The largest absolute Gasteiger partial charge is 0.466 e. The zero-order chi connectivity index (χ0) is 38.1. The van der Waals surface area contributed by atoms with E-state index in [1.807, 2.05) is 45.0 Å². The summed E-state index contributed by atoms with van der Waals surface area (Å²) >= 11 is 0. The summed E-state index contributed by atoms with van der Waals surface area (Å²) in [6.07, 6.45) is 2.58. The number of hydrogen-bond acceptors (Lipinski definition) is 7. The van der Waals surface area contributed by atoms with Crippen molar-refractivity contribution in [2.24, 2.45) is 5.92 Å². The Bertz CT molecular complexity index is 1820. The first kappa shape index (κ1) is 39.6. The molecular weight excluding hydrogens is 671 g/mol. The first-order valence-electron chi connectivity index (χ1n) is 19.0. The lowest BCUT2D eigenvalue weighted by Crippen LogP contribution is -2.36. The van der Waals surface area contributed by atoms with E-state index in [0.717, 1.165) is 72.8 Å². The third-order valence-corrected chi connectivity index (χ3v) is 9.92. The van der Waals surface area contributed by atoms with E-state index in [1.54, 1.807) is 26.8 Å². The Labute approximate surface area is 314 Å². The molecule has 3 atom stereocenters. The second kappa shape index (κ2) is 17.9. The Morgan fingerprint density at radius 3 is 2.45 bits per heavy atom. The molecule has 2 aliphatic heterocycles. The van der Waals surface area contributed by atoms with Gasteiger partial charge >= 0.3 is 12.1 Å². The molecule has 2 saturated heterocycles. The predicted octanol–water partition coefficient (Wildman–Crippen LogP) is 7.81. The highest BCUT2D eigenvalue weighted by Gasteiger charge is 2.37. The van der Waals surface area contributed by atoms with Gasteiger partial charge in [0.25, 0.3) is 5.91 Å². The van der Waals surface area contributed by atoms with Gasteiger partial charge in [-0.15, -0.1) is 0 Å². The van der Waals surface area contributed by atoms with Gasteiger partial charge in [-0.1, -0.05) is 48.2 Å². The van der Waals surface area contributed by atoms with Crippen molar-refractivity contribution >= 4 is 34.4 Å². The van der Waals surface area contributed by atoms with Crippen LogP contribution in [0.1, 0.15) is 99.8 Å². The molecule has 53 heavy (non-hydrogen) atoms. The number of aryl methyl sites for hydroxylation is 1. The van der Waals surface area contributed by atoms with Crippen molar-refractivity contribution in [3.05, 3.63) is 76.9 Å². The maximum atomic E-state index is 15.0. The van der Waals surface area contributed by atoms with E-state index in [0.29, 0.717) is 30.2 Å². The Hall–Kier alpha value is -4.62. The molecule has 0 aliphatic carbocycles. The summed E-state index contributed by atoms with van der Waals surface area (Å²) in [5.74, 6) is 7.02. The summed E-state index contributed by atoms with van der Waals surface area (Å²) in [6, 6.07) is 16.8. The third kappa shape index (κ3) is 11.0. The van der Waals surface area contributed by atoms with E-state index >= 15 is 0 Å². The highest BCUT2D eigenvalue weighted by Crippen LogP contribution is 2.29. The van der Waals surface area contributed by atoms with Crippen molar-refractivity contribution in [1.29, 1.82) is 0 Å². The summed E-state index contributed by atoms with van der Waals surface area (Å²) in [5.41, 5.74) is 3.21. The van der Waals surface area contributed by atoms with Crippen LogP contribution in [0.25, 0.3) is 10.8 Å². The fourth-order valence-corrected chi connectivity index (χ4v) is 7.03. The number of alkyl halides is 1. The summed E-state index contributed by atoms with van der Waals surface area (Å²) in [7, 11) is 0. The molecule has 3 aromatic rings. The summed E-state index contributed by atoms with van der Waals surface area (Å²) in [6.45, 7) is 14.6.